The fourth-order valence-corrected chi connectivity index (χ4v) is 3.10. The van der Waals surface area contributed by atoms with Crippen LogP contribution >= 0.6 is 15.9 Å². The molecule has 7 nitrogen and oxygen atoms in total. The lowest BCUT2D eigenvalue weighted by molar-refractivity contribution is 0.0729. The number of aromatic nitrogens is 3. The highest BCUT2D eigenvalue weighted by molar-refractivity contribution is 9.10. The molecule has 0 aliphatic carbocycles. The summed E-state index contributed by atoms with van der Waals surface area (Å²) in [6.45, 7) is 2.67. The molecule has 0 radical (unpaired) electrons. The standard InChI is InChI=1S/C15H16BrN5O2/c1-8-11(16)5-10(13(22)20(8)2)14(23)21-4-3-9-6-18-15(17)19-12(9)7-21/h5-6H,3-4,7H2,1-2H3,(H2,17,18,19). The molecule has 2 aromatic rings. The number of carbonyl (C=O) groups excluding carboxylic acids is 1. The molecule has 3 rings (SSSR count). The average molecular weight is 378 g/mol. The largest absolute Gasteiger partial charge is 0.368 e. The Hall–Kier alpha value is -2.22. The van der Waals surface area contributed by atoms with E-state index in [4.69, 9.17) is 5.73 Å². The van der Waals surface area contributed by atoms with Crippen molar-refractivity contribution < 1.29 is 4.79 Å². The van der Waals surface area contributed by atoms with Gasteiger partial charge in [0.1, 0.15) is 5.56 Å². The van der Waals surface area contributed by atoms with E-state index in [0.29, 0.717) is 19.5 Å². The summed E-state index contributed by atoms with van der Waals surface area (Å²) in [7, 11) is 1.65. The Morgan fingerprint density at radius 2 is 2.17 bits per heavy atom. The van der Waals surface area contributed by atoms with Crippen molar-refractivity contribution in [3.8, 4) is 0 Å². The number of halogens is 1. The average Bonchev–Trinajstić information content (AvgIpc) is 2.55. The maximum absolute atomic E-state index is 12.7. The first-order chi connectivity index (χ1) is 10.9. The zero-order valence-electron chi connectivity index (χ0n) is 12.8. The van der Waals surface area contributed by atoms with Gasteiger partial charge in [-0.25, -0.2) is 9.97 Å². The van der Waals surface area contributed by atoms with E-state index in [0.717, 1.165) is 21.4 Å². The molecule has 23 heavy (non-hydrogen) atoms. The Balaban J connectivity index is 1.95. The van der Waals surface area contributed by atoms with Gasteiger partial charge in [-0.15, -0.1) is 0 Å². The highest BCUT2D eigenvalue weighted by Gasteiger charge is 2.26. The van der Waals surface area contributed by atoms with Crippen molar-refractivity contribution in [2.75, 3.05) is 12.3 Å². The van der Waals surface area contributed by atoms with E-state index in [1.807, 2.05) is 6.92 Å². The lowest BCUT2D eigenvalue weighted by Gasteiger charge is -2.28. The van der Waals surface area contributed by atoms with E-state index in [1.165, 1.54) is 4.57 Å². The molecule has 0 atom stereocenters. The minimum Gasteiger partial charge on any atom is -0.368 e. The molecule has 2 aromatic heterocycles. The summed E-state index contributed by atoms with van der Waals surface area (Å²) in [5.41, 5.74) is 7.95. The summed E-state index contributed by atoms with van der Waals surface area (Å²) in [5, 5.41) is 0. The molecule has 0 unspecified atom stereocenters. The van der Waals surface area contributed by atoms with Gasteiger partial charge in [-0.1, -0.05) is 0 Å². The summed E-state index contributed by atoms with van der Waals surface area (Å²) < 4.78 is 2.20. The third kappa shape index (κ3) is 2.74. The van der Waals surface area contributed by atoms with Crippen molar-refractivity contribution in [3.63, 3.8) is 0 Å². The predicted molar refractivity (Wildman–Crippen MR) is 89.0 cm³/mol. The van der Waals surface area contributed by atoms with Crippen molar-refractivity contribution in [2.45, 2.75) is 19.9 Å². The highest BCUT2D eigenvalue weighted by atomic mass is 79.9. The lowest BCUT2D eigenvalue weighted by atomic mass is 10.1. The fraction of sp³-hybridized carbons (Fsp3) is 0.333. The Kier molecular flexibility index (Phi) is 3.93. The molecule has 0 saturated carbocycles. The van der Waals surface area contributed by atoms with E-state index in [1.54, 1.807) is 24.2 Å². The number of nitrogens with two attached hydrogens (primary N) is 1. The van der Waals surface area contributed by atoms with Gasteiger partial charge in [0, 0.05) is 30.0 Å². The van der Waals surface area contributed by atoms with Crippen LogP contribution in [0.4, 0.5) is 5.95 Å². The van der Waals surface area contributed by atoms with Crippen LogP contribution in [0, 0.1) is 6.92 Å². The van der Waals surface area contributed by atoms with Crippen LogP contribution in [-0.4, -0.2) is 31.9 Å². The van der Waals surface area contributed by atoms with Crippen LogP contribution in [0.3, 0.4) is 0 Å². The zero-order chi connectivity index (χ0) is 16.7. The quantitative estimate of drug-likeness (QED) is 0.800. The molecule has 0 aromatic carbocycles. The number of rotatable bonds is 1. The molecule has 0 fully saturated rings. The van der Waals surface area contributed by atoms with Crippen molar-refractivity contribution in [1.82, 2.24) is 19.4 Å². The van der Waals surface area contributed by atoms with Crippen LogP contribution < -0.4 is 11.3 Å². The Morgan fingerprint density at radius 1 is 1.43 bits per heavy atom. The summed E-state index contributed by atoms with van der Waals surface area (Å²) in [6.07, 6.45) is 2.34. The first-order valence-electron chi connectivity index (χ1n) is 7.14. The first-order valence-corrected chi connectivity index (χ1v) is 7.93. The molecular formula is C15H16BrN5O2. The van der Waals surface area contributed by atoms with Crippen molar-refractivity contribution in [3.05, 3.63) is 49.6 Å². The van der Waals surface area contributed by atoms with Gasteiger partial charge in [0.2, 0.25) is 5.95 Å². The molecule has 2 N–H and O–H groups in total. The van der Waals surface area contributed by atoms with Crippen molar-refractivity contribution >= 4 is 27.8 Å². The number of hydrogen-bond acceptors (Lipinski definition) is 5. The number of fused-ring (bicyclic) bond motifs is 1. The molecular weight excluding hydrogens is 362 g/mol. The normalized spacial score (nSPS) is 13.8. The number of amides is 1. The number of pyridine rings is 1. The molecule has 3 heterocycles. The summed E-state index contributed by atoms with van der Waals surface area (Å²) in [6, 6.07) is 1.59. The van der Waals surface area contributed by atoms with Gasteiger partial charge in [-0.3, -0.25) is 9.59 Å². The molecule has 0 saturated heterocycles. The van der Waals surface area contributed by atoms with Crippen LogP contribution in [0.2, 0.25) is 0 Å². The van der Waals surface area contributed by atoms with Crippen LogP contribution in [0.15, 0.2) is 21.5 Å². The van der Waals surface area contributed by atoms with Crippen LogP contribution in [0.1, 0.15) is 27.3 Å². The summed E-state index contributed by atoms with van der Waals surface area (Å²) in [4.78, 5) is 34.9. The van der Waals surface area contributed by atoms with Gasteiger partial charge in [0.15, 0.2) is 0 Å². The zero-order valence-corrected chi connectivity index (χ0v) is 14.4. The smallest absolute Gasteiger partial charge is 0.263 e. The lowest BCUT2D eigenvalue weighted by Crippen LogP contribution is -2.40. The minimum atomic E-state index is -0.302. The molecule has 120 valence electrons. The summed E-state index contributed by atoms with van der Waals surface area (Å²) >= 11 is 3.39. The number of anilines is 1. The van der Waals surface area contributed by atoms with Gasteiger partial charge in [-0.05, 0) is 40.9 Å². The fourth-order valence-electron chi connectivity index (χ4n) is 2.60. The second-order valence-electron chi connectivity index (χ2n) is 5.53. The van der Waals surface area contributed by atoms with Gasteiger partial charge < -0.3 is 15.2 Å². The first kappa shape index (κ1) is 15.7. The second-order valence-corrected chi connectivity index (χ2v) is 6.39. The van der Waals surface area contributed by atoms with E-state index in [2.05, 4.69) is 25.9 Å². The monoisotopic (exact) mass is 377 g/mol. The second kappa shape index (κ2) is 5.77. The van der Waals surface area contributed by atoms with Gasteiger partial charge in [0.25, 0.3) is 11.5 Å². The topological polar surface area (TPSA) is 94.1 Å². The molecule has 1 amide bonds. The van der Waals surface area contributed by atoms with E-state index in [9.17, 15) is 9.59 Å². The van der Waals surface area contributed by atoms with Crippen molar-refractivity contribution in [2.24, 2.45) is 7.05 Å². The predicted octanol–water partition coefficient (Wildman–Crippen LogP) is 1.03. The highest BCUT2D eigenvalue weighted by Crippen LogP contribution is 2.20. The van der Waals surface area contributed by atoms with Crippen molar-refractivity contribution in [1.29, 1.82) is 0 Å². The molecule has 0 spiro atoms. The van der Waals surface area contributed by atoms with Crippen LogP contribution in [0.5, 0.6) is 0 Å². The van der Waals surface area contributed by atoms with E-state index < -0.39 is 0 Å². The molecule has 8 heteroatoms. The molecule has 1 aliphatic heterocycles. The third-order valence-electron chi connectivity index (χ3n) is 4.14. The minimum absolute atomic E-state index is 0.149. The number of nitrogens with zero attached hydrogens (tertiary/aromatic N) is 4. The van der Waals surface area contributed by atoms with E-state index >= 15 is 0 Å². The Bertz CT molecular complexity index is 862. The number of hydrogen-bond donors (Lipinski definition) is 1. The van der Waals surface area contributed by atoms with Crippen LogP contribution in [-0.2, 0) is 20.0 Å². The molecule has 0 bridgehead atoms. The summed E-state index contributed by atoms with van der Waals surface area (Å²) in [5.74, 6) is -0.110. The third-order valence-corrected chi connectivity index (χ3v) is 4.94. The molecule has 1 aliphatic rings. The maximum atomic E-state index is 12.7. The van der Waals surface area contributed by atoms with Crippen LogP contribution in [0.25, 0.3) is 0 Å². The number of carbonyl (C=O) groups is 1. The SMILES string of the molecule is Cc1c(Br)cc(C(=O)N2CCc3cnc(N)nc3C2)c(=O)n1C. The van der Waals surface area contributed by atoms with Gasteiger partial charge in [0.05, 0.1) is 12.2 Å². The Labute approximate surface area is 141 Å². The maximum Gasteiger partial charge on any atom is 0.263 e. The van der Waals surface area contributed by atoms with Gasteiger partial charge in [-0.2, -0.15) is 0 Å². The van der Waals surface area contributed by atoms with E-state index in [-0.39, 0.29) is 23.0 Å². The van der Waals surface area contributed by atoms with Gasteiger partial charge >= 0.3 is 0 Å². The number of nitrogen functional groups attached to an aromatic ring is 1. The Morgan fingerprint density at radius 3 is 2.91 bits per heavy atom.